The summed E-state index contributed by atoms with van der Waals surface area (Å²) in [6.07, 6.45) is 1.84. The summed E-state index contributed by atoms with van der Waals surface area (Å²) in [4.78, 5) is 20.2. The summed E-state index contributed by atoms with van der Waals surface area (Å²) in [6, 6.07) is 6.23. The van der Waals surface area contributed by atoms with Crippen LogP contribution in [0.5, 0.6) is 0 Å². The highest BCUT2D eigenvalue weighted by atomic mass is 32.1. The molecule has 1 saturated heterocycles. The van der Waals surface area contributed by atoms with Gasteiger partial charge >= 0.3 is 5.97 Å². The summed E-state index contributed by atoms with van der Waals surface area (Å²) in [7, 11) is 0. The van der Waals surface area contributed by atoms with Crippen molar-refractivity contribution in [2.24, 2.45) is 0 Å². The molecule has 25 heavy (non-hydrogen) atoms. The molecule has 1 N–H and O–H groups in total. The minimum absolute atomic E-state index is 0.0794. The van der Waals surface area contributed by atoms with E-state index >= 15 is 0 Å². The smallest absolute Gasteiger partial charge is 0.317 e. The normalized spacial score (nSPS) is 15.8. The third kappa shape index (κ3) is 3.33. The van der Waals surface area contributed by atoms with Crippen molar-refractivity contribution in [2.45, 2.75) is 0 Å². The first kappa shape index (κ1) is 16.0. The van der Waals surface area contributed by atoms with Crippen molar-refractivity contribution in [1.82, 2.24) is 19.5 Å². The molecule has 0 atom stereocenters. The van der Waals surface area contributed by atoms with Crippen molar-refractivity contribution in [3.8, 4) is 11.3 Å². The largest absolute Gasteiger partial charge is 0.480 e. The number of piperazine rings is 1. The topological polar surface area (TPSA) is 74.0 Å². The number of hydrogen-bond acceptors (Lipinski definition) is 6. The van der Waals surface area contributed by atoms with E-state index in [0.29, 0.717) is 13.1 Å². The van der Waals surface area contributed by atoms with Gasteiger partial charge in [-0.3, -0.25) is 9.69 Å². The summed E-state index contributed by atoms with van der Waals surface area (Å²) < 4.78 is 14.8. The van der Waals surface area contributed by atoms with Crippen molar-refractivity contribution in [1.29, 1.82) is 0 Å². The maximum Gasteiger partial charge on any atom is 0.317 e. The first-order valence-electron chi connectivity index (χ1n) is 7.90. The number of anilines is 1. The van der Waals surface area contributed by atoms with Crippen molar-refractivity contribution < 1.29 is 14.3 Å². The van der Waals surface area contributed by atoms with Crippen LogP contribution in [0.2, 0.25) is 0 Å². The highest BCUT2D eigenvalue weighted by Crippen LogP contribution is 2.27. The molecule has 4 rings (SSSR count). The zero-order valence-corrected chi connectivity index (χ0v) is 14.1. The Hall–Kier alpha value is -2.52. The molecule has 3 heterocycles. The van der Waals surface area contributed by atoms with Gasteiger partial charge in [-0.1, -0.05) is 11.3 Å². The Morgan fingerprint density at radius 1 is 1.20 bits per heavy atom. The van der Waals surface area contributed by atoms with E-state index < -0.39 is 5.97 Å². The van der Waals surface area contributed by atoms with Gasteiger partial charge < -0.3 is 10.0 Å². The van der Waals surface area contributed by atoms with Crippen LogP contribution in [0.25, 0.3) is 16.2 Å². The van der Waals surface area contributed by atoms with Crippen LogP contribution >= 0.6 is 11.3 Å². The molecule has 1 aliphatic heterocycles. The lowest BCUT2D eigenvalue weighted by Crippen LogP contribution is -2.48. The van der Waals surface area contributed by atoms with E-state index in [2.05, 4.69) is 15.0 Å². The van der Waals surface area contributed by atoms with E-state index in [0.717, 1.165) is 34.4 Å². The average Bonchev–Trinajstić information content (AvgIpc) is 3.14. The number of aliphatic carboxylic acids is 1. The van der Waals surface area contributed by atoms with E-state index in [-0.39, 0.29) is 12.4 Å². The van der Waals surface area contributed by atoms with Crippen LogP contribution in [0.3, 0.4) is 0 Å². The van der Waals surface area contributed by atoms with E-state index in [1.54, 1.807) is 16.6 Å². The van der Waals surface area contributed by atoms with Gasteiger partial charge in [-0.05, 0) is 24.3 Å². The predicted molar refractivity (Wildman–Crippen MR) is 92.5 cm³/mol. The quantitative estimate of drug-likeness (QED) is 0.764. The van der Waals surface area contributed by atoms with Gasteiger partial charge in [-0.25, -0.2) is 13.9 Å². The van der Waals surface area contributed by atoms with Crippen molar-refractivity contribution in [3.63, 3.8) is 0 Å². The van der Waals surface area contributed by atoms with Crippen LogP contribution in [0.15, 0.2) is 30.5 Å². The standard InChI is InChI=1S/C16H16FN5O2S/c17-12-3-1-11(2-4-12)13-9-22-15(18-13)25-16(19-22)21-7-5-20(6-8-21)10-14(23)24/h1-4,9H,5-8,10H2,(H,23,24). The summed E-state index contributed by atoms with van der Waals surface area (Å²) in [6.45, 7) is 2.98. The average molecular weight is 361 g/mol. The molecule has 0 radical (unpaired) electrons. The molecule has 0 bridgehead atoms. The molecule has 9 heteroatoms. The highest BCUT2D eigenvalue weighted by Gasteiger charge is 2.22. The minimum atomic E-state index is -0.797. The van der Waals surface area contributed by atoms with Crippen LogP contribution in [0, 0.1) is 5.82 Å². The van der Waals surface area contributed by atoms with Crippen LogP contribution in [-0.2, 0) is 4.79 Å². The Morgan fingerprint density at radius 2 is 1.92 bits per heavy atom. The lowest BCUT2D eigenvalue weighted by Gasteiger charge is -2.33. The fourth-order valence-electron chi connectivity index (χ4n) is 2.87. The molecule has 0 aliphatic carbocycles. The summed E-state index contributed by atoms with van der Waals surface area (Å²) in [5.74, 6) is -1.07. The Morgan fingerprint density at radius 3 is 2.56 bits per heavy atom. The SMILES string of the molecule is O=C(O)CN1CCN(c2nn3cc(-c4ccc(F)cc4)nc3s2)CC1. The molecule has 3 aromatic rings. The molecule has 0 amide bonds. The first-order valence-corrected chi connectivity index (χ1v) is 8.71. The molecule has 0 saturated carbocycles. The number of carboxylic acids is 1. The van der Waals surface area contributed by atoms with Crippen molar-refractivity contribution >= 4 is 27.4 Å². The Bertz CT molecular complexity index is 868. The van der Waals surface area contributed by atoms with Gasteiger partial charge in [-0.2, -0.15) is 0 Å². The van der Waals surface area contributed by atoms with E-state index in [9.17, 15) is 9.18 Å². The lowest BCUT2D eigenvalue weighted by molar-refractivity contribution is -0.138. The van der Waals surface area contributed by atoms with Crippen molar-refractivity contribution in [2.75, 3.05) is 37.6 Å². The molecular formula is C16H16FN5O2S. The van der Waals surface area contributed by atoms with Crippen molar-refractivity contribution in [3.05, 3.63) is 36.3 Å². The number of benzene rings is 1. The van der Waals surface area contributed by atoms with Crippen LogP contribution in [0.4, 0.5) is 9.52 Å². The Balaban J connectivity index is 1.48. The molecular weight excluding hydrogens is 345 g/mol. The number of nitrogens with zero attached hydrogens (tertiary/aromatic N) is 5. The van der Waals surface area contributed by atoms with Crippen LogP contribution < -0.4 is 4.90 Å². The van der Waals surface area contributed by atoms with E-state index in [1.807, 2.05) is 11.1 Å². The highest BCUT2D eigenvalue weighted by molar-refractivity contribution is 7.20. The van der Waals surface area contributed by atoms with Gasteiger partial charge in [0, 0.05) is 31.7 Å². The maximum absolute atomic E-state index is 13.0. The Labute approximate surface area is 146 Å². The number of carboxylic acid groups (broad SMARTS) is 1. The summed E-state index contributed by atoms with van der Waals surface area (Å²) in [5, 5.41) is 14.3. The number of fused-ring (bicyclic) bond motifs is 1. The number of halogens is 1. The molecule has 2 aromatic heterocycles. The number of hydrogen-bond donors (Lipinski definition) is 1. The van der Waals surface area contributed by atoms with Gasteiger partial charge in [-0.15, -0.1) is 5.10 Å². The number of imidazole rings is 1. The number of rotatable bonds is 4. The Kier molecular flexibility index (Phi) is 4.10. The third-order valence-corrected chi connectivity index (χ3v) is 5.16. The third-order valence-electron chi connectivity index (χ3n) is 4.17. The fraction of sp³-hybridized carbons (Fsp3) is 0.312. The molecule has 7 nitrogen and oxygen atoms in total. The number of carbonyl (C=O) groups is 1. The monoisotopic (exact) mass is 361 g/mol. The summed E-state index contributed by atoms with van der Waals surface area (Å²) >= 11 is 1.50. The van der Waals surface area contributed by atoms with Gasteiger partial charge in [0.1, 0.15) is 5.82 Å². The first-order chi connectivity index (χ1) is 12.1. The molecule has 0 spiro atoms. The minimum Gasteiger partial charge on any atom is -0.480 e. The van der Waals surface area contributed by atoms with Gasteiger partial charge in [0.15, 0.2) is 0 Å². The number of aromatic nitrogens is 3. The van der Waals surface area contributed by atoms with Crippen LogP contribution in [-0.4, -0.2) is 63.3 Å². The lowest BCUT2D eigenvalue weighted by atomic mass is 10.2. The maximum atomic E-state index is 13.0. The zero-order valence-electron chi connectivity index (χ0n) is 13.3. The summed E-state index contributed by atoms with van der Waals surface area (Å²) in [5.41, 5.74) is 1.61. The molecule has 1 aliphatic rings. The second kappa shape index (κ2) is 6.41. The second-order valence-corrected chi connectivity index (χ2v) is 6.84. The predicted octanol–water partition coefficient (Wildman–Crippen LogP) is 1.80. The van der Waals surface area contributed by atoms with Gasteiger partial charge in [0.2, 0.25) is 10.1 Å². The molecule has 130 valence electrons. The van der Waals surface area contributed by atoms with E-state index in [4.69, 9.17) is 5.11 Å². The molecule has 1 fully saturated rings. The van der Waals surface area contributed by atoms with Gasteiger partial charge in [0.05, 0.1) is 18.4 Å². The molecule has 1 aromatic carbocycles. The second-order valence-electron chi connectivity index (χ2n) is 5.90. The zero-order chi connectivity index (χ0) is 17.4. The van der Waals surface area contributed by atoms with Crippen LogP contribution in [0.1, 0.15) is 0 Å². The van der Waals surface area contributed by atoms with Gasteiger partial charge in [0.25, 0.3) is 0 Å². The van der Waals surface area contributed by atoms with E-state index in [1.165, 1.54) is 23.5 Å². The fourth-order valence-corrected chi connectivity index (χ4v) is 3.80. The molecule has 0 unspecified atom stereocenters.